The van der Waals surface area contributed by atoms with E-state index in [0.717, 1.165) is 0 Å². The summed E-state index contributed by atoms with van der Waals surface area (Å²) in [5.74, 6) is -1.23. The number of H-pyrrole nitrogens is 1. The average Bonchev–Trinajstić information content (AvgIpc) is 3.93. The van der Waals surface area contributed by atoms with Crippen LogP contribution >= 0.6 is 25.8 Å². The molecule has 2 bridgehead atoms. The molecule has 0 spiro atoms. The number of thiol groups is 1. The van der Waals surface area contributed by atoms with E-state index >= 15 is 0 Å². The Morgan fingerprint density at radius 3 is 2.41 bits per heavy atom. The number of carbonyl (C=O) groups is 1. The van der Waals surface area contributed by atoms with E-state index in [1.165, 1.54) is 11.0 Å². The number of aromatic amines is 1. The minimum Gasteiger partial charge on any atom is -0.474 e. The van der Waals surface area contributed by atoms with E-state index in [2.05, 4.69) is 53.9 Å². The van der Waals surface area contributed by atoms with Crippen LogP contribution in [0.2, 0.25) is 22.2 Å². The van der Waals surface area contributed by atoms with Crippen LogP contribution in [0.15, 0.2) is 23.4 Å². The first-order valence-electron chi connectivity index (χ1n) is 22.0. The molecule has 3 aromatic rings. The van der Waals surface area contributed by atoms with Gasteiger partial charge in [0.15, 0.2) is 17.4 Å². The summed E-state index contributed by atoms with van der Waals surface area (Å²) >= 11 is 10.6. The van der Waals surface area contributed by atoms with Crippen LogP contribution in [0.1, 0.15) is 94.7 Å². The van der Waals surface area contributed by atoms with Crippen molar-refractivity contribution in [1.29, 1.82) is 5.26 Å². The van der Waals surface area contributed by atoms with Gasteiger partial charge in [-0.3, -0.25) is 33.5 Å². The van der Waals surface area contributed by atoms with Crippen molar-refractivity contribution in [2.75, 3.05) is 25.1 Å². The van der Waals surface area contributed by atoms with Gasteiger partial charge in [-0.05, 0) is 40.4 Å². The summed E-state index contributed by atoms with van der Waals surface area (Å²) < 4.78 is 75.0. The number of hydrogen-bond acceptors (Lipinski definition) is 20. The third kappa shape index (κ3) is 11.9. The van der Waals surface area contributed by atoms with Crippen LogP contribution in [0.25, 0.3) is 11.2 Å². The van der Waals surface area contributed by atoms with Crippen LogP contribution in [-0.2, 0) is 57.1 Å². The standard InChI is InChI=1S/C38H61N9O13P2S2Si2/c1-21(2)35(48)43-38-42-34-31(36(49)44-38)45-46-47(34)37-33-32(59-66(24(7)8,25(9)10)60-65(51,22(3)4)23(5)6)29(56-37)19-53-61(50,63)57-28-17-27(55-30-12-14-40-20-41-30)16-26(28)18-54-62(64,58-33)52-15-11-13-39/h12,14,20-29,32-33,37,51H,11,15-19H2,1-10H3,(H,50,63)(H2,42,43,44,48,49)/t26-,27-,28+,29-,32-,33-,37-,61+,62-/m1/s1. The zero-order valence-electron chi connectivity index (χ0n) is 38.6. The molecule has 1 aliphatic carbocycles. The summed E-state index contributed by atoms with van der Waals surface area (Å²) in [6.45, 7) is 9.86. The number of anilines is 1. The summed E-state index contributed by atoms with van der Waals surface area (Å²) in [5.41, 5.74) is -2.10. The fourth-order valence-corrected chi connectivity index (χ4v) is 21.8. The third-order valence-electron chi connectivity index (χ3n) is 11.8. The van der Waals surface area contributed by atoms with Gasteiger partial charge in [0.05, 0.1) is 38.4 Å². The molecule has 0 unspecified atom stereocenters. The number of ether oxygens (including phenoxy) is 2. The van der Waals surface area contributed by atoms with Crippen molar-refractivity contribution < 1.29 is 54.8 Å². The normalized spacial score (nSPS) is 28.9. The molecule has 0 aromatic carbocycles. The van der Waals surface area contributed by atoms with Crippen LogP contribution in [0.5, 0.6) is 5.88 Å². The third-order valence-corrected chi connectivity index (χ3v) is 25.5. The summed E-state index contributed by atoms with van der Waals surface area (Å²) in [6, 6.07) is 3.67. The molecule has 6 rings (SSSR count). The number of aromatic nitrogens is 7. The van der Waals surface area contributed by atoms with Gasteiger partial charge in [0.1, 0.15) is 30.7 Å². The molecule has 3 aliphatic rings. The van der Waals surface area contributed by atoms with Crippen molar-refractivity contribution in [3.63, 3.8) is 0 Å². The van der Waals surface area contributed by atoms with Gasteiger partial charge in [0.2, 0.25) is 17.7 Å². The molecule has 5 heterocycles. The van der Waals surface area contributed by atoms with E-state index in [4.69, 9.17) is 52.4 Å². The Kier molecular flexibility index (Phi) is 17.3. The lowest BCUT2D eigenvalue weighted by molar-refractivity contribution is -0.118. The van der Waals surface area contributed by atoms with Crippen LogP contribution in [0, 0.1) is 23.2 Å². The smallest absolute Gasteiger partial charge is 0.386 e. The Morgan fingerprint density at radius 1 is 1.08 bits per heavy atom. The molecule has 2 aliphatic heterocycles. The number of fused-ring (bicyclic) bond motifs is 4. The summed E-state index contributed by atoms with van der Waals surface area (Å²) in [4.78, 5) is 53.8. The van der Waals surface area contributed by atoms with Crippen LogP contribution in [-0.4, -0.2) is 113 Å². The minimum atomic E-state index is -4.24. The maximum absolute atomic E-state index is 14.3. The maximum Gasteiger partial charge on any atom is 0.386 e. The Labute approximate surface area is 396 Å². The monoisotopic (exact) mass is 1030 g/mol. The lowest BCUT2D eigenvalue weighted by atomic mass is 10.1. The number of nitrogens with zero attached hydrogens (tertiary/aromatic N) is 7. The highest BCUT2D eigenvalue weighted by Crippen LogP contribution is 2.60. The van der Waals surface area contributed by atoms with Crippen molar-refractivity contribution in [2.24, 2.45) is 11.8 Å². The molecular formula is C38H61N9O13P2S2Si2. The summed E-state index contributed by atoms with van der Waals surface area (Å²) in [6.07, 6.45) is -3.04. The molecule has 3 N–H and O–H groups in total. The van der Waals surface area contributed by atoms with Gasteiger partial charge in [-0.2, -0.15) is 14.9 Å². The molecule has 1 saturated carbocycles. The SMILES string of the molecule is CC(C)C(=O)Nc1nc2c(nnn2[C@@H]2O[C@@H]3CO[P@](=O)(S)O[C@H]4C[C@H](Oc5ccncn5)C[C@@H]4CO[P@](=S)(OCCC#N)O[C@@H]2[C@@H]3O[Si](O[Si](O)(C(C)C)C(C)C)(C(C)C)C(C)C)c(=O)[nH]1. The van der Waals surface area contributed by atoms with E-state index < -0.39 is 97.3 Å². The number of nitrogens with one attached hydrogen (secondary N) is 2. The highest BCUT2D eigenvalue weighted by molar-refractivity contribution is 8.44. The minimum absolute atomic E-state index is 0.0671. The molecule has 28 heteroatoms. The van der Waals surface area contributed by atoms with Crippen molar-refractivity contribution in [3.05, 3.63) is 28.9 Å². The molecule has 366 valence electrons. The van der Waals surface area contributed by atoms with Gasteiger partial charge in [0.25, 0.3) is 5.56 Å². The zero-order valence-corrected chi connectivity index (χ0v) is 44.1. The van der Waals surface area contributed by atoms with Crippen LogP contribution in [0.4, 0.5) is 5.95 Å². The topological polar surface area (TPSA) is 276 Å². The van der Waals surface area contributed by atoms with Gasteiger partial charge < -0.3 is 31.9 Å². The lowest BCUT2D eigenvalue weighted by Crippen LogP contribution is -2.62. The average molecular weight is 1030 g/mol. The predicted molar refractivity (Wildman–Crippen MR) is 251 cm³/mol. The Bertz CT molecular complexity index is 2350. The number of hydrogen-bond donors (Lipinski definition) is 4. The molecule has 2 saturated heterocycles. The van der Waals surface area contributed by atoms with Gasteiger partial charge in [0, 0.05) is 30.5 Å². The largest absolute Gasteiger partial charge is 0.474 e. The molecule has 3 fully saturated rings. The lowest BCUT2D eigenvalue weighted by Gasteiger charge is -2.47. The van der Waals surface area contributed by atoms with Gasteiger partial charge in [-0.15, -0.1) is 5.10 Å². The molecule has 22 nitrogen and oxygen atoms in total. The van der Waals surface area contributed by atoms with E-state index in [1.54, 1.807) is 26.1 Å². The van der Waals surface area contributed by atoms with Crippen molar-refractivity contribution in [2.45, 2.75) is 147 Å². The quantitative estimate of drug-likeness (QED) is 0.0510. The Morgan fingerprint density at radius 2 is 1.79 bits per heavy atom. The highest BCUT2D eigenvalue weighted by atomic mass is 32.7. The van der Waals surface area contributed by atoms with Crippen molar-refractivity contribution in [3.8, 4) is 11.9 Å². The van der Waals surface area contributed by atoms with Crippen molar-refractivity contribution >= 4 is 77.7 Å². The second-order valence-corrected chi connectivity index (χ2v) is 32.5. The number of amides is 1. The van der Waals surface area contributed by atoms with Gasteiger partial charge >= 0.3 is 30.6 Å². The first kappa shape index (κ1) is 52.8. The fourth-order valence-electron chi connectivity index (χ4n) is 8.16. The van der Waals surface area contributed by atoms with Crippen LogP contribution in [0.3, 0.4) is 0 Å². The molecule has 0 radical (unpaired) electrons. The van der Waals surface area contributed by atoms with Crippen LogP contribution < -0.4 is 15.6 Å². The van der Waals surface area contributed by atoms with Crippen molar-refractivity contribution in [1.82, 2.24) is 34.9 Å². The first-order chi connectivity index (χ1) is 31.0. The second-order valence-electron chi connectivity index (χ2n) is 18.1. The number of carbonyl (C=O) groups excluding carboxylic acids is 1. The fraction of sp³-hybridized carbons (Fsp3) is 0.737. The molecule has 66 heavy (non-hydrogen) atoms. The van der Waals surface area contributed by atoms with E-state index in [9.17, 15) is 24.2 Å². The number of rotatable bonds is 16. The predicted octanol–water partition coefficient (Wildman–Crippen LogP) is 6.58. The van der Waals surface area contributed by atoms with Gasteiger partial charge in [-0.25, -0.2) is 14.5 Å². The Balaban J connectivity index is 1.51. The highest BCUT2D eigenvalue weighted by Gasteiger charge is 2.60. The molecular weight excluding hydrogens is 973 g/mol. The first-order valence-corrected chi connectivity index (χ1v) is 31.2. The second kappa shape index (κ2) is 21.6. The molecule has 1 amide bonds. The summed E-state index contributed by atoms with van der Waals surface area (Å²) in [5, 5.41) is 20.6. The Hall–Kier alpha value is -2.58. The summed E-state index contributed by atoms with van der Waals surface area (Å²) in [7, 11) is -7.25. The zero-order chi connectivity index (χ0) is 48.4. The van der Waals surface area contributed by atoms with E-state index in [0.29, 0.717) is 12.3 Å². The van der Waals surface area contributed by atoms with E-state index in [-0.39, 0.29) is 65.3 Å². The maximum atomic E-state index is 14.3. The molecule has 3 aromatic heterocycles. The van der Waals surface area contributed by atoms with Gasteiger partial charge in [-0.1, -0.05) is 86.7 Å². The number of nitriles is 1. The van der Waals surface area contributed by atoms with E-state index in [1.807, 2.05) is 55.4 Å². The molecule has 9 atom stereocenters.